The molecule has 3 rings (SSSR count). The van der Waals surface area contributed by atoms with Crippen LogP contribution in [0.15, 0.2) is 24.3 Å². The highest BCUT2D eigenvalue weighted by molar-refractivity contribution is 5.25. The lowest BCUT2D eigenvalue weighted by molar-refractivity contribution is 0.225. The van der Waals surface area contributed by atoms with Crippen molar-refractivity contribution in [1.82, 2.24) is 0 Å². The predicted octanol–water partition coefficient (Wildman–Crippen LogP) is 5.92. The Bertz CT molecular complexity index is 389. The third-order valence-electron chi connectivity index (χ3n) is 5.70. The summed E-state index contributed by atoms with van der Waals surface area (Å²) in [6.45, 7) is 2.24. The summed E-state index contributed by atoms with van der Waals surface area (Å²) in [6, 6.07) is 9.43. The van der Waals surface area contributed by atoms with E-state index in [2.05, 4.69) is 37.6 Å². The number of aryl methyl sites for hydroxylation is 1. The molecular formula is C20H29. The summed E-state index contributed by atoms with van der Waals surface area (Å²) in [5.41, 5.74) is 3.06. The molecule has 20 heavy (non-hydrogen) atoms. The third kappa shape index (κ3) is 3.27. The molecule has 1 radical (unpaired) electrons. The first-order chi connectivity index (χ1) is 9.86. The lowest BCUT2D eigenvalue weighted by Gasteiger charge is -2.36. The van der Waals surface area contributed by atoms with Crippen molar-refractivity contribution in [3.8, 4) is 0 Å². The minimum Gasteiger partial charge on any atom is -0.0613 e. The molecule has 0 heteroatoms. The van der Waals surface area contributed by atoms with Gasteiger partial charge in [-0.3, -0.25) is 0 Å². The van der Waals surface area contributed by atoms with Gasteiger partial charge in [0.2, 0.25) is 0 Å². The van der Waals surface area contributed by atoms with Crippen molar-refractivity contribution in [2.75, 3.05) is 0 Å². The van der Waals surface area contributed by atoms with Gasteiger partial charge in [0, 0.05) is 0 Å². The smallest absolute Gasteiger partial charge is 0.0162 e. The van der Waals surface area contributed by atoms with Crippen LogP contribution in [0.4, 0.5) is 0 Å². The van der Waals surface area contributed by atoms with E-state index >= 15 is 0 Å². The van der Waals surface area contributed by atoms with Crippen molar-refractivity contribution in [3.63, 3.8) is 0 Å². The van der Waals surface area contributed by atoms with Crippen molar-refractivity contribution < 1.29 is 0 Å². The SMILES string of the molecule is CCc1ccc(C2CCC(C3[CH]CCCC3)CC2)cc1. The van der Waals surface area contributed by atoms with E-state index < -0.39 is 0 Å². The van der Waals surface area contributed by atoms with Gasteiger partial charge in [-0.2, -0.15) is 0 Å². The summed E-state index contributed by atoms with van der Waals surface area (Å²) >= 11 is 0. The Kier molecular flexibility index (Phi) is 4.81. The van der Waals surface area contributed by atoms with Gasteiger partial charge in [-0.05, 0) is 80.2 Å². The summed E-state index contributed by atoms with van der Waals surface area (Å²) in [4.78, 5) is 0. The molecule has 2 fully saturated rings. The lowest BCUT2D eigenvalue weighted by atomic mass is 9.70. The monoisotopic (exact) mass is 269 g/mol. The Balaban J connectivity index is 1.54. The second kappa shape index (κ2) is 6.78. The molecule has 0 spiro atoms. The van der Waals surface area contributed by atoms with Crippen LogP contribution in [0.1, 0.15) is 75.3 Å². The topological polar surface area (TPSA) is 0 Å². The quantitative estimate of drug-likeness (QED) is 0.639. The van der Waals surface area contributed by atoms with Crippen LogP contribution in [0.25, 0.3) is 0 Å². The Hall–Kier alpha value is -0.780. The largest absolute Gasteiger partial charge is 0.0613 e. The third-order valence-corrected chi connectivity index (χ3v) is 5.70. The Morgan fingerprint density at radius 2 is 1.65 bits per heavy atom. The molecule has 2 saturated carbocycles. The Morgan fingerprint density at radius 1 is 0.900 bits per heavy atom. The number of rotatable bonds is 3. The normalized spacial score (nSPS) is 28.4. The molecule has 109 valence electrons. The average Bonchev–Trinajstić information content (AvgIpc) is 2.56. The zero-order valence-corrected chi connectivity index (χ0v) is 13.0. The minimum absolute atomic E-state index is 0.834. The van der Waals surface area contributed by atoms with Crippen LogP contribution in [0, 0.1) is 18.3 Å². The highest BCUT2D eigenvalue weighted by atomic mass is 14.3. The van der Waals surface area contributed by atoms with Crippen LogP contribution in [-0.4, -0.2) is 0 Å². The molecule has 0 bridgehead atoms. The van der Waals surface area contributed by atoms with Crippen LogP contribution in [0.2, 0.25) is 0 Å². The fraction of sp³-hybridized carbons (Fsp3) is 0.650. The van der Waals surface area contributed by atoms with Gasteiger partial charge in [-0.15, -0.1) is 0 Å². The van der Waals surface area contributed by atoms with Gasteiger partial charge in [-0.1, -0.05) is 44.0 Å². The maximum atomic E-state index is 2.64. The van der Waals surface area contributed by atoms with Gasteiger partial charge in [0.05, 0.1) is 0 Å². The zero-order valence-electron chi connectivity index (χ0n) is 13.0. The molecule has 0 aliphatic heterocycles. The maximum absolute atomic E-state index is 2.64. The van der Waals surface area contributed by atoms with E-state index in [-0.39, 0.29) is 0 Å². The van der Waals surface area contributed by atoms with E-state index in [1.165, 1.54) is 56.9 Å². The molecule has 0 N–H and O–H groups in total. The fourth-order valence-electron chi connectivity index (χ4n) is 4.31. The van der Waals surface area contributed by atoms with Crippen molar-refractivity contribution in [2.24, 2.45) is 11.8 Å². The first kappa shape index (κ1) is 14.2. The van der Waals surface area contributed by atoms with Crippen LogP contribution >= 0.6 is 0 Å². The van der Waals surface area contributed by atoms with Gasteiger partial charge < -0.3 is 0 Å². The van der Waals surface area contributed by atoms with Crippen molar-refractivity contribution in [1.29, 1.82) is 0 Å². The number of hydrogen-bond donors (Lipinski definition) is 0. The molecule has 1 aromatic rings. The molecule has 2 aliphatic rings. The Labute approximate surface area is 125 Å². The first-order valence-corrected chi connectivity index (χ1v) is 8.79. The second-order valence-corrected chi connectivity index (χ2v) is 6.89. The molecule has 0 saturated heterocycles. The van der Waals surface area contributed by atoms with Gasteiger partial charge in [0.25, 0.3) is 0 Å². The highest BCUT2D eigenvalue weighted by Gasteiger charge is 2.29. The summed E-state index contributed by atoms with van der Waals surface area (Å²) in [5.74, 6) is 2.79. The molecule has 2 aliphatic carbocycles. The maximum Gasteiger partial charge on any atom is -0.0162 e. The van der Waals surface area contributed by atoms with Crippen molar-refractivity contribution >= 4 is 0 Å². The summed E-state index contributed by atoms with van der Waals surface area (Å²) in [7, 11) is 0. The van der Waals surface area contributed by atoms with Crippen molar-refractivity contribution in [2.45, 2.75) is 70.6 Å². The molecular weight excluding hydrogens is 240 g/mol. The lowest BCUT2D eigenvalue weighted by Crippen LogP contribution is -2.23. The minimum atomic E-state index is 0.834. The van der Waals surface area contributed by atoms with Crippen LogP contribution in [0.3, 0.4) is 0 Å². The van der Waals surface area contributed by atoms with E-state index in [1.54, 1.807) is 5.56 Å². The fourth-order valence-corrected chi connectivity index (χ4v) is 4.31. The van der Waals surface area contributed by atoms with Gasteiger partial charge >= 0.3 is 0 Å². The van der Waals surface area contributed by atoms with E-state index in [4.69, 9.17) is 0 Å². The molecule has 0 aromatic heterocycles. The number of hydrogen-bond acceptors (Lipinski definition) is 0. The zero-order chi connectivity index (χ0) is 13.8. The molecule has 1 aromatic carbocycles. The molecule has 1 unspecified atom stereocenters. The van der Waals surface area contributed by atoms with Crippen LogP contribution in [0.5, 0.6) is 0 Å². The van der Waals surface area contributed by atoms with Gasteiger partial charge in [-0.25, -0.2) is 0 Å². The van der Waals surface area contributed by atoms with E-state index in [1.807, 2.05) is 0 Å². The molecule has 1 atom stereocenters. The van der Waals surface area contributed by atoms with Crippen LogP contribution in [-0.2, 0) is 6.42 Å². The predicted molar refractivity (Wildman–Crippen MR) is 86.8 cm³/mol. The van der Waals surface area contributed by atoms with Gasteiger partial charge in [0.15, 0.2) is 0 Å². The van der Waals surface area contributed by atoms with Gasteiger partial charge in [0.1, 0.15) is 0 Å². The molecule has 0 nitrogen and oxygen atoms in total. The van der Waals surface area contributed by atoms with E-state index in [0.29, 0.717) is 0 Å². The standard InChI is InChI=1S/C20H29/c1-2-16-8-10-18(11-9-16)20-14-12-19(13-15-20)17-6-4-3-5-7-17/h6,8-11,17,19-20H,2-5,7,12-15H2,1H3. The summed E-state index contributed by atoms with van der Waals surface area (Å²) in [5, 5.41) is 0. The average molecular weight is 269 g/mol. The summed E-state index contributed by atoms with van der Waals surface area (Å²) in [6.07, 6.45) is 15.3. The molecule has 0 heterocycles. The van der Waals surface area contributed by atoms with E-state index in [9.17, 15) is 0 Å². The Morgan fingerprint density at radius 3 is 2.25 bits per heavy atom. The number of benzene rings is 1. The second-order valence-electron chi connectivity index (χ2n) is 6.89. The highest BCUT2D eigenvalue weighted by Crippen LogP contribution is 2.42. The van der Waals surface area contributed by atoms with Crippen molar-refractivity contribution in [3.05, 3.63) is 41.8 Å². The first-order valence-electron chi connectivity index (χ1n) is 8.79. The van der Waals surface area contributed by atoms with E-state index in [0.717, 1.165) is 24.2 Å². The molecule has 0 amide bonds. The van der Waals surface area contributed by atoms with Crippen LogP contribution < -0.4 is 0 Å². The summed E-state index contributed by atoms with van der Waals surface area (Å²) < 4.78 is 0.